The number of hydrogen-bond acceptors (Lipinski definition) is 3. The molecule has 5 nitrogen and oxygen atoms in total. The van der Waals surface area contributed by atoms with E-state index in [-0.39, 0.29) is 5.91 Å². The summed E-state index contributed by atoms with van der Waals surface area (Å²) in [5.41, 5.74) is 2.70. The molecule has 0 aliphatic heterocycles. The Kier molecular flexibility index (Phi) is 5.51. The summed E-state index contributed by atoms with van der Waals surface area (Å²) in [5.74, 6) is -0.0651. The molecule has 1 aromatic heterocycles. The van der Waals surface area contributed by atoms with Gasteiger partial charge in [-0.3, -0.25) is 9.48 Å². The molecule has 0 aliphatic carbocycles. The molecule has 0 spiro atoms. The van der Waals surface area contributed by atoms with E-state index in [9.17, 15) is 4.79 Å². The van der Waals surface area contributed by atoms with E-state index in [1.54, 1.807) is 6.20 Å². The molecule has 0 aliphatic rings. The second kappa shape index (κ2) is 7.59. The van der Waals surface area contributed by atoms with Crippen LogP contribution in [0.3, 0.4) is 0 Å². The van der Waals surface area contributed by atoms with E-state index < -0.39 is 0 Å². The number of carbonyl (C=O) groups is 1. The molecular formula is C16H22N4O. The topological polar surface area (TPSA) is 58.9 Å². The minimum atomic E-state index is -0.0651. The number of amides is 1. The summed E-state index contributed by atoms with van der Waals surface area (Å²) in [5, 5.41) is 10.4. The minimum absolute atomic E-state index is 0.0651. The van der Waals surface area contributed by atoms with E-state index in [1.807, 2.05) is 36.7 Å². The lowest BCUT2D eigenvalue weighted by atomic mass is 10.2. The number of benzene rings is 1. The second-order valence-electron chi connectivity index (χ2n) is 4.90. The summed E-state index contributed by atoms with van der Waals surface area (Å²) in [7, 11) is 0. The van der Waals surface area contributed by atoms with Gasteiger partial charge < -0.3 is 10.6 Å². The van der Waals surface area contributed by atoms with Crippen LogP contribution < -0.4 is 10.6 Å². The van der Waals surface area contributed by atoms with E-state index >= 15 is 0 Å². The summed E-state index contributed by atoms with van der Waals surface area (Å²) < 4.78 is 1.86. The molecule has 2 N–H and O–H groups in total. The predicted octanol–water partition coefficient (Wildman–Crippen LogP) is 1.58. The molecule has 2 rings (SSSR count). The van der Waals surface area contributed by atoms with Crippen molar-refractivity contribution in [2.24, 2.45) is 0 Å². The molecule has 0 saturated heterocycles. The first-order valence-corrected chi connectivity index (χ1v) is 7.27. The van der Waals surface area contributed by atoms with Gasteiger partial charge in [-0.1, -0.05) is 37.3 Å². The Morgan fingerprint density at radius 3 is 2.71 bits per heavy atom. The van der Waals surface area contributed by atoms with Gasteiger partial charge in [-0.05, 0) is 19.0 Å². The van der Waals surface area contributed by atoms with E-state index in [1.165, 1.54) is 5.56 Å². The minimum Gasteiger partial charge on any atom is -0.351 e. The Hall–Kier alpha value is -2.14. The van der Waals surface area contributed by atoms with Crippen molar-refractivity contribution in [2.75, 3.05) is 19.6 Å². The summed E-state index contributed by atoms with van der Waals surface area (Å²) in [6.07, 6.45) is 1.64. The zero-order chi connectivity index (χ0) is 15.1. The van der Waals surface area contributed by atoms with Crippen LogP contribution in [-0.4, -0.2) is 35.3 Å². The van der Waals surface area contributed by atoms with Crippen LogP contribution in [0.2, 0.25) is 0 Å². The van der Waals surface area contributed by atoms with E-state index in [0.717, 1.165) is 18.8 Å². The average molecular weight is 286 g/mol. The van der Waals surface area contributed by atoms with Crippen molar-refractivity contribution in [3.63, 3.8) is 0 Å². The second-order valence-corrected chi connectivity index (χ2v) is 4.90. The van der Waals surface area contributed by atoms with Crippen molar-refractivity contribution in [3.05, 3.63) is 53.3 Å². The predicted molar refractivity (Wildman–Crippen MR) is 83.4 cm³/mol. The van der Waals surface area contributed by atoms with Gasteiger partial charge in [0.15, 0.2) is 0 Å². The van der Waals surface area contributed by atoms with Gasteiger partial charge in [-0.25, -0.2) is 0 Å². The quantitative estimate of drug-likeness (QED) is 0.760. The number of hydrogen-bond donors (Lipinski definition) is 2. The fraction of sp³-hybridized carbons (Fsp3) is 0.375. The maximum absolute atomic E-state index is 12.1. The lowest BCUT2D eigenvalue weighted by Crippen LogP contribution is -2.31. The van der Waals surface area contributed by atoms with Crippen LogP contribution in [0, 0.1) is 6.92 Å². The molecule has 0 atom stereocenters. The first-order chi connectivity index (χ1) is 10.2. The molecule has 2 aromatic rings. The molecule has 112 valence electrons. The van der Waals surface area contributed by atoms with Crippen LogP contribution in [0.4, 0.5) is 0 Å². The van der Waals surface area contributed by atoms with Crippen molar-refractivity contribution in [1.82, 2.24) is 20.4 Å². The Bertz CT molecular complexity index is 577. The molecule has 1 aromatic carbocycles. The first kappa shape index (κ1) is 15.3. The van der Waals surface area contributed by atoms with E-state index in [0.29, 0.717) is 18.7 Å². The van der Waals surface area contributed by atoms with Crippen LogP contribution in [0.25, 0.3) is 0 Å². The Morgan fingerprint density at radius 1 is 1.24 bits per heavy atom. The molecule has 21 heavy (non-hydrogen) atoms. The molecule has 0 saturated carbocycles. The fourth-order valence-corrected chi connectivity index (χ4v) is 2.12. The molecule has 1 amide bonds. The summed E-state index contributed by atoms with van der Waals surface area (Å²) in [4.78, 5) is 12.1. The lowest BCUT2D eigenvalue weighted by Gasteiger charge is -2.07. The highest BCUT2D eigenvalue weighted by Crippen LogP contribution is 2.10. The Balaban J connectivity index is 1.98. The SMILES string of the molecule is CCNCCNC(=O)c1cnn(Cc2ccccc2)c1C. The third kappa shape index (κ3) is 4.16. The maximum atomic E-state index is 12.1. The third-order valence-electron chi connectivity index (χ3n) is 3.36. The summed E-state index contributed by atoms with van der Waals surface area (Å²) in [6.45, 7) is 6.95. The summed E-state index contributed by atoms with van der Waals surface area (Å²) in [6, 6.07) is 10.1. The van der Waals surface area contributed by atoms with E-state index in [2.05, 4.69) is 27.9 Å². The van der Waals surface area contributed by atoms with Crippen LogP contribution in [0.15, 0.2) is 36.5 Å². The van der Waals surface area contributed by atoms with Crippen molar-refractivity contribution < 1.29 is 4.79 Å². The molecule has 0 unspecified atom stereocenters. The fourth-order valence-electron chi connectivity index (χ4n) is 2.12. The molecular weight excluding hydrogens is 264 g/mol. The number of nitrogens with one attached hydrogen (secondary N) is 2. The lowest BCUT2D eigenvalue weighted by molar-refractivity contribution is 0.0953. The number of likely N-dealkylation sites (N-methyl/N-ethyl adjacent to an activating group) is 1. The van der Waals surface area contributed by atoms with Crippen molar-refractivity contribution >= 4 is 5.91 Å². The smallest absolute Gasteiger partial charge is 0.254 e. The van der Waals surface area contributed by atoms with Gasteiger partial charge in [0.1, 0.15) is 0 Å². The van der Waals surface area contributed by atoms with Crippen LogP contribution in [0.5, 0.6) is 0 Å². The van der Waals surface area contributed by atoms with Crippen molar-refractivity contribution in [1.29, 1.82) is 0 Å². The average Bonchev–Trinajstić information content (AvgIpc) is 2.86. The van der Waals surface area contributed by atoms with Gasteiger partial charge in [-0.2, -0.15) is 5.10 Å². The standard InChI is InChI=1S/C16H22N4O/c1-3-17-9-10-18-16(21)15-11-19-20(13(15)2)12-14-7-5-4-6-8-14/h4-8,11,17H,3,9-10,12H2,1-2H3,(H,18,21). The van der Waals surface area contributed by atoms with Crippen molar-refractivity contribution in [3.8, 4) is 0 Å². The van der Waals surface area contributed by atoms with Gasteiger partial charge in [0.25, 0.3) is 5.91 Å². The van der Waals surface area contributed by atoms with Crippen LogP contribution in [0.1, 0.15) is 28.5 Å². The zero-order valence-electron chi connectivity index (χ0n) is 12.6. The Morgan fingerprint density at radius 2 is 2.00 bits per heavy atom. The van der Waals surface area contributed by atoms with Crippen LogP contribution >= 0.6 is 0 Å². The maximum Gasteiger partial charge on any atom is 0.254 e. The third-order valence-corrected chi connectivity index (χ3v) is 3.36. The van der Waals surface area contributed by atoms with E-state index in [4.69, 9.17) is 0 Å². The first-order valence-electron chi connectivity index (χ1n) is 7.27. The molecule has 0 bridgehead atoms. The largest absolute Gasteiger partial charge is 0.351 e. The molecule has 0 fully saturated rings. The Labute approximate surface area is 125 Å². The highest BCUT2D eigenvalue weighted by Gasteiger charge is 2.13. The number of rotatable bonds is 7. The highest BCUT2D eigenvalue weighted by molar-refractivity contribution is 5.95. The number of carbonyl (C=O) groups excluding carboxylic acids is 1. The van der Waals surface area contributed by atoms with Gasteiger partial charge in [0.2, 0.25) is 0 Å². The van der Waals surface area contributed by atoms with Crippen molar-refractivity contribution in [2.45, 2.75) is 20.4 Å². The number of nitrogens with zero attached hydrogens (tertiary/aromatic N) is 2. The van der Waals surface area contributed by atoms with Crippen LogP contribution in [-0.2, 0) is 6.54 Å². The monoisotopic (exact) mass is 286 g/mol. The van der Waals surface area contributed by atoms with Gasteiger partial charge >= 0.3 is 0 Å². The van der Waals surface area contributed by atoms with Gasteiger partial charge in [-0.15, -0.1) is 0 Å². The highest BCUT2D eigenvalue weighted by atomic mass is 16.1. The van der Waals surface area contributed by atoms with Gasteiger partial charge in [0.05, 0.1) is 18.3 Å². The number of aromatic nitrogens is 2. The molecule has 5 heteroatoms. The molecule has 1 heterocycles. The molecule has 0 radical (unpaired) electrons. The van der Waals surface area contributed by atoms with Gasteiger partial charge in [0, 0.05) is 18.8 Å². The summed E-state index contributed by atoms with van der Waals surface area (Å²) >= 11 is 0. The zero-order valence-corrected chi connectivity index (χ0v) is 12.6. The normalized spacial score (nSPS) is 10.6.